The molecular weight excluding hydrogens is 254 g/mol. The number of aryl methyl sites for hydroxylation is 1. The van der Waals surface area contributed by atoms with Crippen molar-refractivity contribution in [3.63, 3.8) is 0 Å². The number of rotatable bonds is 4. The van der Waals surface area contributed by atoms with E-state index in [9.17, 15) is 4.79 Å². The lowest BCUT2D eigenvalue weighted by atomic mass is 10.1. The molecule has 5 nitrogen and oxygen atoms in total. The fraction of sp³-hybridized carbons (Fsp3) is 0.250. The van der Waals surface area contributed by atoms with E-state index in [1.165, 1.54) is 18.0 Å². The lowest BCUT2D eigenvalue weighted by molar-refractivity contribution is 0.102. The van der Waals surface area contributed by atoms with Crippen molar-refractivity contribution >= 4 is 17.4 Å². The molecule has 0 saturated carbocycles. The molecular formula is C12H12ClN3O2. The Balaban J connectivity index is 2.46. The quantitative estimate of drug-likeness (QED) is 0.795. The molecule has 18 heavy (non-hydrogen) atoms. The van der Waals surface area contributed by atoms with Gasteiger partial charge in [0.25, 0.3) is 0 Å². The first-order chi connectivity index (χ1) is 8.67. The lowest BCUT2D eigenvalue weighted by Crippen LogP contribution is -2.11. The maximum atomic E-state index is 12.4. The van der Waals surface area contributed by atoms with Crippen molar-refractivity contribution in [3.05, 3.63) is 40.7 Å². The number of nitrogens with zero attached hydrogens (tertiary/aromatic N) is 3. The number of halogens is 1. The highest BCUT2D eigenvalue weighted by Gasteiger charge is 2.18. The van der Waals surface area contributed by atoms with Crippen molar-refractivity contribution in [3.8, 4) is 5.75 Å². The van der Waals surface area contributed by atoms with E-state index in [2.05, 4.69) is 10.3 Å². The molecule has 0 amide bonds. The van der Waals surface area contributed by atoms with Gasteiger partial charge in [0.05, 0.1) is 18.9 Å². The zero-order valence-electron chi connectivity index (χ0n) is 10.1. The molecule has 0 atom stereocenters. The van der Waals surface area contributed by atoms with Crippen LogP contribution in [0, 0.1) is 0 Å². The fourth-order valence-electron chi connectivity index (χ4n) is 1.66. The molecule has 0 radical (unpaired) electrons. The van der Waals surface area contributed by atoms with Crippen LogP contribution in [0.4, 0.5) is 0 Å². The lowest BCUT2D eigenvalue weighted by Gasteiger charge is -2.08. The van der Waals surface area contributed by atoms with Gasteiger partial charge in [0.15, 0.2) is 0 Å². The van der Waals surface area contributed by atoms with Crippen LogP contribution >= 0.6 is 11.6 Å². The van der Waals surface area contributed by atoms with E-state index >= 15 is 0 Å². The number of ether oxygens (including phenoxy) is 1. The van der Waals surface area contributed by atoms with Crippen LogP contribution < -0.4 is 4.74 Å². The van der Waals surface area contributed by atoms with Crippen LogP contribution in [-0.2, 0) is 6.54 Å². The molecule has 0 aliphatic rings. The summed E-state index contributed by atoms with van der Waals surface area (Å²) in [6, 6.07) is 4.89. The smallest absolute Gasteiger partial charge is 0.216 e. The summed E-state index contributed by atoms with van der Waals surface area (Å²) in [5, 5.41) is 8.09. The molecule has 1 aromatic heterocycles. The van der Waals surface area contributed by atoms with E-state index < -0.39 is 0 Å². The summed E-state index contributed by atoms with van der Waals surface area (Å²) in [5.41, 5.74) is 0.872. The van der Waals surface area contributed by atoms with Crippen molar-refractivity contribution in [2.45, 2.75) is 13.5 Å². The summed E-state index contributed by atoms with van der Waals surface area (Å²) in [5.74, 6) is 0.256. The van der Waals surface area contributed by atoms with Crippen LogP contribution in [0.25, 0.3) is 0 Å². The number of carbonyl (C=O) groups is 1. The third-order valence-electron chi connectivity index (χ3n) is 2.56. The van der Waals surface area contributed by atoms with Crippen molar-refractivity contribution < 1.29 is 9.53 Å². The van der Waals surface area contributed by atoms with E-state index in [4.69, 9.17) is 16.3 Å². The minimum absolute atomic E-state index is 0.185. The average Bonchev–Trinajstić information content (AvgIpc) is 2.86. The van der Waals surface area contributed by atoms with Crippen LogP contribution in [0.3, 0.4) is 0 Å². The molecule has 0 N–H and O–H groups in total. The molecule has 0 saturated heterocycles. The van der Waals surface area contributed by atoms with Crippen LogP contribution in [0.2, 0.25) is 5.02 Å². The Bertz CT molecular complexity index is 580. The normalized spacial score (nSPS) is 10.4. The Morgan fingerprint density at radius 1 is 1.50 bits per heavy atom. The molecule has 6 heteroatoms. The predicted octanol–water partition coefficient (Wildman–Crippen LogP) is 2.19. The van der Waals surface area contributed by atoms with Gasteiger partial charge in [0.1, 0.15) is 11.4 Å². The highest BCUT2D eigenvalue weighted by Crippen LogP contribution is 2.25. The molecule has 0 bridgehead atoms. The summed E-state index contributed by atoms with van der Waals surface area (Å²) in [7, 11) is 1.50. The van der Waals surface area contributed by atoms with E-state index in [0.29, 0.717) is 28.6 Å². The Hall–Kier alpha value is -1.88. The van der Waals surface area contributed by atoms with Gasteiger partial charge in [-0.1, -0.05) is 16.8 Å². The zero-order chi connectivity index (χ0) is 13.1. The first kappa shape index (κ1) is 12.6. The summed E-state index contributed by atoms with van der Waals surface area (Å²) < 4.78 is 6.70. The Morgan fingerprint density at radius 2 is 2.28 bits per heavy atom. The van der Waals surface area contributed by atoms with Gasteiger partial charge in [-0.15, -0.1) is 5.10 Å². The molecule has 2 rings (SSSR count). The van der Waals surface area contributed by atoms with E-state index in [0.717, 1.165) is 0 Å². The minimum atomic E-state index is -0.185. The Kier molecular flexibility index (Phi) is 3.62. The zero-order valence-corrected chi connectivity index (χ0v) is 10.8. The van der Waals surface area contributed by atoms with Gasteiger partial charge >= 0.3 is 0 Å². The van der Waals surface area contributed by atoms with Gasteiger partial charge in [0.2, 0.25) is 5.78 Å². The molecule has 0 aliphatic carbocycles. The molecule has 94 valence electrons. The van der Waals surface area contributed by atoms with Gasteiger partial charge in [-0.2, -0.15) is 0 Å². The maximum Gasteiger partial charge on any atom is 0.216 e. The Morgan fingerprint density at radius 3 is 2.94 bits per heavy atom. The second kappa shape index (κ2) is 5.18. The Labute approximate surface area is 109 Å². The molecule has 2 aromatic rings. The second-order valence-electron chi connectivity index (χ2n) is 3.61. The highest BCUT2D eigenvalue weighted by atomic mass is 35.5. The largest absolute Gasteiger partial charge is 0.496 e. The molecule has 0 fully saturated rings. The monoisotopic (exact) mass is 265 g/mol. The number of carbonyl (C=O) groups excluding carboxylic acids is 1. The average molecular weight is 266 g/mol. The summed E-state index contributed by atoms with van der Waals surface area (Å²) in [6.45, 7) is 2.47. The number of aromatic nitrogens is 3. The van der Waals surface area contributed by atoms with E-state index in [1.807, 2.05) is 6.92 Å². The van der Waals surface area contributed by atoms with E-state index in [-0.39, 0.29) is 5.78 Å². The van der Waals surface area contributed by atoms with Crippen LogP contribution in [0.1, 0.15) is 23.0 Å². The van der Waals surface area contributed by atoms with Crippen molar-refractivity contribution in [1.82, 2.24) is 15.0 Å². The summed E-state index contributed by atoms with van der Waals surface area (Å²) in [6.07, 6.45) is 1.44. The van der Waals surface area contributed by atoms with Gasteiger partial charge in [-0.3, -0.25) is 4.79 Å². The molecule has 1 heterocycles. The standard InChI is InChI=1S/C12H12ClN3O2/c1-3-16-10(7-14-15-16)12(17)9-5-4-8(13)6-11(9)18-2/h4-7H,3H2,1-2H3. The SMILES string of the molecule is CCn1nncc1C(=O)c1ccc(Cl)cc1OC. The maximum absolute atomic E-state index is 12.4. The number of ketones is 1. The first-order valence-corrected chi connectivity index (χ1v) is 5.82. The van der Waals surface area contributed by atoms with Crippen molar-refractivity contribution in [1.29, 1.82) is 0 Å². The van der Waals surface area contributed by atoms with Gasteiger partial charge < -0.3 is 4.74 Å². The molecule has 0 spiro atoms. The minimum Gasteiger partial charge on any atom is -0.496 e. The molecule has 1 aromatic carbocycles. The number of hydrogen-bond donors (Lipinski definition) is 0. The van der Waals surface area contributed by atoms with E-state index in [1.54, 1.807) is 18.2 Å². The third-order valence-corrected chi connectivity index (χ3v) is 2.79. The third kappa shape index (κ3) is 2.22. The molecule has 0 unspecified atom stereocenters. The highest BCUT2D eigenvalue weighted by molar-refractivity contribution is 6.31. The van der Waals surface area contributed by atoms with Gasteiger partial charge in [-0.25, -0.2) is 4.68 Å². The van der Waals surface area contributed by atoms with Crippen LogP contribution in [0.5, 0.6) is 5.75 Å². The van der Waals surface area contributed by atoms with Crippen LogP contribution in [0.15, 0.2) is 24.4 Å². The summed E-state index contributed by atoms with van der Waals surface area (Å²) >= 11 is 5.86. The number of methoxy groups -OCH3 is 1. The first-order valence-electron chi connectivity index (χ1n) is 5.44. The number of hydrogen-bond acceptors (Lipinski definition) is 4. The predicted molar refractivity (Wildman–Crippen MR) is 67.1 cm³/mol. The molecule has 0 aliphatic heterocycles. The van der Waals surface area contributed by atoms with Crippen molar-refractivity contribution in [2.75, 3.05) is 7.11 Å². The van der Waals surface area contributed by atoms with Crippen molar-refractivity contribution in [2.24, 2.45) is 0 Å². The van der Waals surface area contributed by atoms with Gasteiger partial charge in [0, 0.05) is 11.6 Å². The summed E-state index contributed by atoms with van der Waals surface area (Å²) in [4.78, 5) is 12.4. The van der Waals surface area contributed by atoms with Gasteiger partial charge in [-0.05, 0) is 25.1 Å². The fourth-order valence-corrected chi connectivity index (χ4v) is 1.82. The van der Waals surface area contributed by atoms with Crippen LogP contribution in [-0.4, -0.2) is 27.9 Å². The topological polar surface area (TPSA) is 57.0 Å². The second-order valence-corrected chi connectivity index (χ2v) is 4.05. The number of benzene rings is 1.